The minimum absolute atomic E-state index is 0.0755. The molecule has 7 nitrogen and oxygen atoms in total. The number of nitrogens with one attached hydrogen (secondary N) is 1. The van der Waals surface area contributed by atoms with Gasteiger partial charge in [-0.3, -0.25) is 23.8 Å². The zero-order valence-corrected chi connectivity index (χ0v) is 17.9. The molecular formula is C20H21ClFN5O2S. The molecule has 1 saturated heterocycles. The van der Waals surface area contributed by atoms with Gasteiger partial charge in [0.05, 0.1) is 17.4 Å². The first kappa shape index (κ1) is 20.9. The van der Waals surface area contributed by atoms with Gasteiger partial charge in [-0.2, -0.15) is 0 Å². The molecule has 158 valence electrons. The number of aromatic nitrogens is 2. The molecule has 4 rings (SSSR count). The molecule has 1 unspecified atom stereocenters. The first-order valence-corrected chi connectivity index (χ1v) is 10.8. The van der Waals surface area contributed by atoms with Crippen LogP contribution in [0.4, 0.5) is 10.1 Å². The van der Waals surface area contributed by atoms with Crippen LogP contribution in [0.15, 0.2) is 40.6 Å². The van der Waals surface area contributed by atoms with Crippen molar-refractivity contribution < 1.29 is 9.18 Å². The molecule has 1 aliphatic rings. The predicted octanol–water partition coefficient (Wildman–Crippen LogP) is 2.69. The van der Waals surface area contributed by atoms with Crippen molar-refractivity contribution in [2.45, 2.75) is 19.5 Å². The fourth-order valence-corrected chi connectivity index (χ4v) is 4.41. The van der Waals surface area contributed by atoms with E-state index in [0.717, 1.165) is 18.8 Å². The Morgan fingerprint density at radius 2 is 2.07 bits per heavy atom. The highest BCUT2D eigenvalue weighted by atomic mass is 35.5. The van der Waals surface area contributed by atoms with Gasteiger partial charge in [0.25, 0.3) is 5.56 Å². The number of piperazine rings is 1. The normalized spacial score (nSPS) is 16.6. The molecule has 1 atom stereocenters. The van der Waals surface area contributed by atoms with Crippen LogP contribution in [0.1, 0.15) is 12.6 Å². The highest BCUT2D eigenvalue weighted by Crippen LogP contribution is 2.20. The van der Waals surface area contributed by atoms with Crippen LogP contribution in [0.25, 0.3) is 4.96 Å². The van der Waals surface area contributed by atoms with Gasteiger partial charge < -0.3 is 5.32 Å². The number of carbonyl (C=O) groups is 1. The van der Waals surface area contributed by atoms with E-state index >= 15 is 0 Å². The molecule has 1 N–H and O–H groups in total. The van der Waals surface area contributed by atoms with Crippen molar-refractivity contribution >= 4 is 39.5 Å². The number of benzene rings is 1. The average Bonchev–Trinajstić information content (AvgIpc) is 3.20. The summed E-state index contributed by atoms with van der Waals surface area (Å²) in [5.41, 5.74) is 0.755. The lowest BCUT2D eigenvalue weighted by Gasteiger charge is -2.37. The Morgan fingerprint density at radius 3 is 2.83 bits per heavy atom. The van der Waals surface area contributed by atoms with Gasteiger partial charge in [-0.05, 0) is 25.1 Å². The Morgan fingerprint density at radius 1 is 1.30 bits per heavy atom. The van der Waals surface area contributed by atoms with Crippen molar-refractivity contribution in [3.63, 3.8) is 0 Å². The molecule has 1 fully saturated rings. The second kappa shape index (κ2) is 8.81. The molecule has 3 aromatic rings. The Labute approximate surface area is 181 Å². The summed E-state index contributed by atoms with van der Waals surface area (Å²) in [6, 6.07) is 5.24. The van der Waals surface area contributed by atoms with Crippen LogP contribution >= 0.6 is 22.9 Å². The van der Waals surface area contributed by atoms with E-state index in [1.54, 1.807) is 19.2 Å². The molecule has 0 bridgehead atoms. The van der Waals surface area contributed by atoms with E-state index in [-0.39, 0.29) is 17.2 Å². The zero-order chi connectivity index (χ0) is 21.3. The van der Waals surface area contributed by atoms with Crippen molar-refractivity contribution in [2.75, 3.05) is 31.5 Å². The summed E-state index contributed by atoms with van der Waals surface area (Å²) in [5.74, 6) is -0.793. The molecule has 2 aromatic heterocycles. The van der Waals surface area contributed by atoms with Gasteiger partial charge >= 0.3 is 0 Å². The molecule has 1 aliphatic heterocycles. The van der Waals surface area contributed by atoms with Gasteiger partial charge in [0.1, 0.15) is 5.82 Å². The van der Waals surface area contributed by atoms with Crippen LogP contribution in [0.2, 0.25) is 5.02 Å². The van der Waals surface area contributed by atoms with Crippen LogP contribution < -0.4 is 10.9 Å². The second-order valence-corrected chi connectivity index (χ2v) is 8.55. The van der Waals surface area contributed by atoms with Crippen LogP contribution in [0, 0.1) is 5.82 Å². The largest absolute Gasteiger partial charge is 0.322 e. The monoisotopic (exact) mass is 449 g/mol. The van der Waals surface area contributed by atoms with Gasteiger partial charge in [0, 0.05) is 55.4 Å². The highest BCUT2D eigenvalue weighted by molar-refractivity contribution is 7.15. The van der Waals surface area contributed by atoms with Crippen LogP contribution in [-0.2, 0) is 11.3 Å². The van der Waals surface area contributed by atoms with E-state index in [9.17, 15) is 14.0 Å². The van der Waals surface area contributed by atoms with Crippen LogP contribution in [0.3, 0.4) is 0 Å². The molecule has 1 aromatic carbocycles. The minimum atomic E-state index is -0.518. The average molecular weight is 450 g/mol. The summed E-state index contributed by atoms with van der Waals surface area (Å²) in [4.78, 5) is 34.2. The fraction of sp³-hybridized carbons (Fsp3) is 0.350. The molecule has 30 heavy (non-hydrogen) atoms. The number of carbonyl (C=O) groups excluding carboxylic acids is 1. The molecule has 3 heterocycles. The summed E-state index contributed by atoms with van der Waals surface area (Å²) >= 11 is 7.32. The van der Waals surface area contributed by atoms with Crippen molar-refractivity contribution in [1.29, 1.82) is 0 Å². The number of anilines is 1. The van der Waals surface area contributed by atoms with E-state index in [2.05, 4.69) is 20.1 Å². The number of hydrogen-bond acceptors (Lipinski definition) is 6. The minimum Gasteiger partial charge on any atom is -0.322 e. The summed E-state index contributed by atoms with van der Waals surface area (Å²) < 4.78 is 15.4. The number of halogens is 2. The second-order valence-electron chi connectivity index (χ2n) is 7.24. The van der Waals surface area contributed by atoms with Gasteiger partial charge in [-0.1, -0.05) is 11.6 Å². The fourth-order valence-electron chi connectivity index (χ4n) is 3.50. The Hall–Kier alpha value is -2.33. The number of thiazole rings is 1. The first-order chi connectivity index (χ1) is 14.4. The van der Waals surface area contributed by atoms with Crippen LogP contribution in [0.5, 0.6) is 0 Å². The van der Waals surface area contributed by atoms with Crippen molar-refractivity contribution in [3.8, 4) is 0 Å². The van der Waals surface area contributed by atoms with E-state index < -0.39 is 11.9 Å². The highest BCUT2D eigenvalue weighted by Gasteiger charge is 2.26. The molecule has 10 heteroatoms. The first-order valence-electron chi connectivity index (χ1n) is 9.59. The van der Waals surface area contributed by atoms with Crippen LogP contribution in [-0.4, -0.2) is 57.3 Å². The number of nitrogens with zero attached hydrogens (tertiary/aromatic N) is 4. The van der Waals surface area contributed by atoms with Gasteiger partial charge in [0.15, 0.2) is 4.96 Å². The Bertz CT molecular complexity index is 1130. The molecule has 0 spiro atoms. The molecular weight excluding hydrogens is 429 g/mol. The third kappa shape index (κ3) is 4.54. The zero-order valence-electron chi connectivity index (χ0n) is 16.3. The molecule has 0 aliphatic carbocycles. The third-order valence-corrected chi connectivity index (χ3v) is 6.25. The quantitative estimate of drug-likeness (QED) is 0.648. The van der Waals surface area contributed by atoms with Gasteiger partial charge in [-0.15, -0.1) is 11.3 Å². The number of rotatable bonds is 5. The SMILES string of the molecule is CC(C(=O)Nc1cc(Cl)ccc1F)N1CCN(Cc2cc(=O)n3ccsc3n2)CC1. The maximum atomic E-state index is 13.9. The van der Waals surface area contributed by atoms with Crippen molar-refractivity contribution in [2.24, 2.45) is 0 Å². The number of fused-ring (bicyclic) bond motifs is 1. The van der Waals surface area contributed by atoms with Crippen molar-refractivity contribution in [3.05, 3.63) is 62.7 Å². The van der Waals surface area contributed by atoms with E-state index in [1.807, 2.05) is 5.38 Å². The lowest BCUT2D eigenvalue weighted by Crippen LogP contribution is -2.52. The van der Waals surface area contributed by atoms with Gasteiger partial charge in [0.2, 0.25) is 5.91 Å². The maximum absolute atomic E-state index is 13.9. The Balaban J connectivity index is 1.33. The Kier molecular flexibility index (Phi) is 6.14. The lowest BCUT2D eigenvalue weighted by molar-refractivity contribution is -0.121. The molecule has 0 radical (unpaired) electrons. The van der Waals surface area contributed by atoms with E-state index in [0.29, 0.717) is 29.6 Å². The lowest BCUT2D eigenvalue weighted by atomic mass is 10.2. The third-order valence-electron chi connectivity index (χ3n) is 5.26. The van der Waals surface area contributed by atoms with E-state index in [4.69, 9.17) is 11.6 Å². The number of hydrogen-bond donors (Lipinski definition) is 1. The number of amides is 1. The maximum Gasteiger partial charge on any atom is 0.258 e. The predicted molar refractivity (Wildman–Crippen MR) is 116 cm³/mol. The molecule has 1 amide bonds. The smallest absolute Gasteiger partial charge is 0.258 e. The van der Waals surface area contributed by atoms with Gasteiger partial charge in [-0.25, -0.2) is 9.37 Å². The topological polar surface area (TPSA) is 70.0 Å². The summed E-state index contributed by atoms with van der Waals surface area (Å²) in [5, 5.41) is 4.82. The molecule has 0 saturated carbocycles. The van der Waals surface area contributed by atoms with Crippen molar-refractivity contribution in [1.82, 2.24) is 19.2 Å². The van der Waals surface area contributed by atoms with E-state index in [1.165, 1.54) is 33.9 Å². The summed E-state index contributed by atoms with van der Waals surface area (Å²) in [6.07, 6.45) is 1.72. The summed E-state index contributed by atoms with van der Waals surface area (Å²) in [7, 11) is 0. The summed E-state index contributed by atoms with van der Waals surface area (Å²) in [6.45, 7) is 5.26. The standard InChI is InChI=1S/C20H21ClFN5O2S/c1-13(19(29)24-17-10-14(21)2-3-16(17)22)26-6-4-25(5-7-26)12-15-11-18(28)27-8-9-30-20(27)23-15/h2-3,8-11,13H,4-7,12H2,1H3,(H,24,29).